The molecule has 0 aliphatic carbocycles. The van der Waals surface area contributed by atoms with Gasteiger partial charge in [-0.3, -0.25) is 4.79 Å². The first-order valence-corrected chi connectivity index (χ1v) is 7.61. The van der Waals surface area contributed by atoms with Crippen LogP contribution in [0.5, 0.6) is 0 Å². The van der Waals surface area contributed by atoms with Crippen molar-refractivity contribution in [3.05, 3.63) is 65.5 Å². The minimum Gasteiger partial charge on any atom is -0.326 e. The second kappa shape index (κ2) is 7.21. The number of nitrogens with one attached hydrogen (secondary N) is 1. The van der Waals surface area contributed by atoms with Crippen LogP contribution in [0.25, 0.3) is 0 Å². The molecular weight excluding hydrogens is 277 g/mol. The van der Waals surface area contributed by atoms with Crippen LogP contribution in [0, 0.1) is 11.7 Å². The molecule has 0 spiro atoms. The molecule has 0 saturated heterocycles. The highest BCUT2D eigenvalue weighted by Crippen LogP contribution is 2.20. The van der Waals surface area contributed by atoms with E-state index < -0.39 is 0 Å². The molecule has 2 aromatic carbocycles. The Balaban J connectivity index is 2.02. The molecule has 0 aliphatic heterocycles. The average molecular weight is 299 g/mol. The Morgan fingerprint density at radius 1 is 1.00 bits per heavy atom. The van der Waals surface area contributed by atoms with Crippen LogP contribution >= 0.6 is 0 Å². The number of carbonyl (C=O) groups excluding carboxylic acids is 1. The zero-order valence-corrected chi connectivity index (χ0v) is 13.3. The summed E-state index contributed by atoms with van der Waals surface area (Å²) in [5.74, 6) is -0.0433. The Morgan fingerprint density at radius 2 is 1.59 bits per heavy atom. The van der Waals surface area contributed by atoms with E-state index in [1.54, 1.807) is 12.1 Å². The molecule has 1 atom stereocenters. The summed E-state index contributed by atoms with van der Waals surface area (Å²) in [5, 5.41) is 2.81. The Morgan fingerprint density at radius 3 is 2.14 bits per heavy atom. The molecule has 0 fully saturated rings. The van der Waals surface area contributed by atoms with E-state index in [-0.39, 0.29) is 17.6 Å². The van der Waals surface area contributed by atoms with E-state index in [9.17, 15) is 9.18 Å². The van der Waals surface area contributed by atoms with Crippen LogP contribution in [0.2, 0.25) is 0 Å². The van der Waals surface area contributed by atoms with Gasteiger partial charge in [0, 0.05) is 5.69 Å². The van der Waals surface area contributed by atoms with Crippen molar-refractivity contribution in [2.75, 3.05) is 5.32 Å². The first-order valence-electron chi connectivity index (χ1n) is 7.61. The Kier molecular flexibility index (Phi) is 5.31. The zero-order valence-electron chi connectivity index (χ0n) is 13.3. The highest BCUT2D eigenvalue weighted by molar-refractivity contribution is 5.95. The largest absolute Gasteiger partial charge is 0.326 e. The quantitative estimate of drug-likeness (QED) is 0.847. The first kappa shape index (κ1) is 16.2. The second-order valence-electron chi connectivity index (χ2n) is 6.06. The summed E-state index contributed by atoms with van der Waals surface area (Å²) in [4.78, 5) is 12.3. The van der Waals surface area contributed by atoms with Crippen LogP contribution in [-0.4, -0.2) is 5.91 Å². The first-order chi connectivity index (χ1) is 10.5. The van der Waals surface area contributed by atoms with Gasteiger partial charge in [0.2, 0.25) is 5.91 Å². The van der Waals surface area contributed by atoms with Gasteiger partial charge in [-0.2, -0.15) is 0 Å². The monoisotopic (exact) mass is 299 g/mol. The molecule has 1 amide bonds. The number of halogens is 1. The number of benzene rings is 2. The standard InChI is InChI=1S/C19H22FNO/c1-13(2)12-15-4-6-16(7-5-15)14(3)19(22)21-18-10-8-17(20)9-11-18/h4-11,13-14H,12H2,1-3H3,(H,21,22)/t14-/m1/s1. The van der Waals surface area contributed by atoms with Crippen molar-refractivity contribution in [3.8, 4) is 0 Å². The summed E-state index contributed by atoms with van der Waals surface area (Å²) < 4.78 is 12.9. The number of anilines is 1. The fourth-order valence-electron chi connectivity index (χ4n) is 2.35. The molecule has 0 unspecified atom stereocenters. The fourth-order valence-corrected chi connectivity index (χ4v) is 2.35. The van der Waals surface area contributed by atoms with E-state index in [4.69, 9.17) is 0 Å². The van der Waals surface area contributed by atoms with Crippen molar-refractivity contribution in [1.29, 1.82) is 0 Å². The summed E-state index contributed by atoms with van der Waals surface area (Å²) >= 11 is 0. The maximum atomic E-state index is 12.9. The smallest absolute Gasteiger partial charge is 0.231 e. The van der Waals surface area contributed by atoms with E-state index in [1.807, 2.05) is 19.1 Å². The summed E-state index contributed by atoms with van der Waals surface area (Å²) in [6.45, 7) is 6.25. The van der Waals surface area contributed by atoms with E-state index in [0.29, 0.717) is 11.6 Å². The number of carbonyl (C=O) groups is 1. The fraction of sp³-hybridized carbons (Fsp3) is 0.316. The lowest BCUT2D eigenvalue weighted by atomic mass is 9.96. The third kappa shape index (κ3) is 4.42. The molecule has 2 nitrogen and oxygen atoms in total. The van der Waals surface area contributed by atoms with Gasteiger partial charge in [0.25, 0.3) is 0 Å². The Bertz CT molecular complexity index is 617. The summed E-state index contributed by atoms with van der Waals surface area (Å²) in [6, 6.07) is 14.0. The van der Waals surface area contributed by atoms with Crippen LogP contribution in [0.1, 0.15) is 37.8 Å². The molecule has 116 valence electrons. The minimum absolute atomic E-state index is 0.0942. The molecule has 22 heavy (non-hydrogen) atoms. The third-order valence-corrected chi connectivity index (χ3v) is 3.63. The molecule has 0 heterocycles. The van der Waals surface area contributed by atoms with E-state index in [2.05, 4.69) is 31.3 Å². The molecule has 0 radical (unpaired) electrons. The van der Waals surface area contributed by atoms with Gasteiger partial charge < -0.3 is 5.32 Å². The van der Waals surface area contributed by atoms with Gasteiger partial charge in [-0.15, -0.1) is 0 Å². The van der Waals surface area contributed by atoms with Crippen molar-refractivity contribution in [3.63, 3.8) is 0 Å². The van der Waals surface area contributed by atoms with Gasteiger partial charge in [0.15, 0.2) is 0 Å². The average Bonchev–Trinajstić information content (AvgIpc) is 2.49. The Labute approximate surface area is 131 Å². The third-order valence-electron chi connectivity index (χ3n) is 3.63. The molecular formula is C19H22FNO. The van der Waals surface area contributed by atoms with Gasteiger partial charge >= 0.3 is 0 Å². The predicted octanol–water partition coefficient (Wildman–Crippen LogP) is 4.77. The van der Waals surface area contributed by atoms with Crippen LogP contribution in [-0.2, 0) is 11.2 Å². The minimum atomic E-state index is -0.313. The molecule has 0 aromatic heterocycles. The maximum Gasteiger partial charge on any atom is 0.231 e. The van der Waals surface area contributed by atoms with Crippen molar-refractivity contribution in [1.82, 2.24) is 0 Å². The van der Waals surface area contributed by atoms with Gasteiger partial charge in [-0.25, -0.2) is 4.39 Å². The van der Waals surface area contributed by atoms with Crippen LogP contribution < -0.4 is 5.32 Å². The van der Waals surface area contributed by atoms with Crippen molar-refractivity contribution in [2.45, 2.75) is 33.1 Å². The van der Waals surface area contributed by atoms with Crippen molar-refractivity contribution < 1.29 is 9.18 Å². The summed E-state index contributed by atoms with van der Waals surface area (Å²) in [6.07, 6.45) is 1.04. The maximum absolute atomic E-state index is 12.9. The van der Waals surface area contributed by atoms with Gasteiger partial charge in [0.05, 0.1) is 5.92 Å². The Hall–Kier alpha value is -2.16. The number of amides is 1. The number of hydrogen-bond acceptors (Lipinski definition) is 1. The lowest BCUT2D eigenvalue weighted by Crippen LogP contribution is -2.18. The van der Waals surface area contributed by atoms with E-state index in [0.717, 1.165) is 12.0 Å². The van der Waals surface area contributed by atoms with Crippen LogP contribution in [0.3, 0.4) is 0 Å². The van der Waals surface area contributed by atoms with Crippen LogP contribution in [0.15, 0.2) is 48.5 Å². The SMILES string of the molecule is CC(C)Cc1ccc([C@@H](C)C(=O)Nc2ccc(F)cc2)cc1. The van der Waals surface area contributed by atoms with Crippen molar-refractivity contribution >= 4 is 11.6 Å². The second-order valence-corrected chi connectivity index (χ2v) is 6.06. The molecule has 0 saturated carbocycles. The van der Waals surface area contributed by atoms with E-state index >= 15 is 0 Å². The normalized spacial score (nSPS) is 12.2. The van der Waals surface area contributed by atoms with Gasteiger partial charge in [-0.05, 0) is 54.7 Å². The predicted molar refractivity (Wildman–Crippen MR) is 88.4 cm³/mol. The van der Waals surface area contributed by atoms with Gasteiger partial charge in [-0.1, -0.05) is 38.1 Å². The molecule has 3 heteroatoms. The number of hydrogen-bond donors (Lipinski definition) is 1. The topological polar surface area (TPSA) is 29.1 Å². The summed E-state index contributed by atoms with van der Waals surface area (Å²) in [7, 11) is 0. The number of rotatable bonds is 5. The summed E-state index contributed by atoms with van der Waals surface area (Å²) in [5.41, 5.74) is 2.87. The molecule has 0 aliphatic rings. The highest BCUT2D eigenvalue weighted by Gasteiger charge is 2.15. The van der Waals surface area contributed by atoms with Crippen LogP contribution in [0.4, 0.5) is 10.1 Å². The lowest BCUT2D eigenvalue weighted by molar-refractivity contribution is -0.117. The van der Waals surface area contributed by atoms with Crippen molar-refractivity contribution in [2.24, 2.45) is 5.92 Å². The lowest BCUT2D eigenvalue weighted by Gasteiger charge is -2.13. The highest BCUT2D eigenvalue weighted by atomic mass is 19.1. The molecule has 2 rings (SSSR count). The molecule has 1 N–H and O–H groups in total. The van der Waals surface area contributed by atoms with E-state index in [1.165, 1.54) is 17.7 Å². The van der Waals surface area contributed by atoms with Gasteiger partial charge in [0.1, 0.15) is 5.82 Å². The molecule has 2 aromatic rings. The molecule has 0 bridgehead atoms. The zero-order chi connectivity index (χ0) is 16.1.